The minimum absolute atomic E-state index is 0.0638. The lowest BCUT2D eigenvalue weighted by Crippen LogP contribution is -2.47. The first-order valence-electron chi connectivity index (χ1n) is 9.79. The number of piperidine rings is 1. The molecule has 1 saturated heterocycles. The van der Waals surface area contributed by atoms with Crippen LogP contribution in [0.25, 0.3) is 5.76 Å². The van der Waals surface area contributed by atoms with Gasteiger partial charge >= 0.3 is 0 Å². The van der Waals surface area contributed by atoms with Gasteiger partial charge in [0.05, 0.1) is 17.7 Å². The van der Waals surface area contributed by atoms with Crippen molar-refractivity contribution in [1.82, 2.24) is 4.90 Å². The number of hydrogen-bond donors (Lipinski definition) is 1. The lowest BCUT2D eigenvalue weighted by molar-refractivity contribution is 0.0855. The lowest BCUT2D eigenvalue weighted by Gasteiger charge is -2.36. The zero-order valence-corrected chi connectivity index (χ0v) is 16.2. The summed E-state index contributed by atoms with van der Waals surface area (Å²) in [5.41, 5.74) is 0.987. The van der Waals surface area contributed by atoms with Crippen molar-refractivity contribution in [2.45, 2.75) is 25.3 Å². The third-order valence-corrected chi connectivity index (χ3v) is 5.30. The molecule has 2 aromatic rings. The van der Waals surface area contributed by atoms with E-state index in [1.54, 1.807) is 48.5 Å². The van der Waals surface area contributed by atoms with Gasteiger partial charge in [-0.05, 0) is 25.9 Å². The first-order chi connectivity index (χ1) is 14.2. The summed E-state index contributed by atoms with van der Waals surface area (Å²) in [5.74, 6) is -1.60. The number of nitriles is 2. The second-order valence-corrected chi connectivity index (χ2v) is 7.12. The van der Waals surface area contributed by atoms with Gasteiger partial charge in [0.15, 0.2) is 5.78 Å². The minimum atomic E-state index is -1.09. The number of carbonyl (C=O) groups is 1. The highest BCUT2D eigenvalue weighted by molar-refractivity contribution is 6.00. The van der Waals surface area contributed by atoms with E-state index in [1.165, 1.54) is 0 Å². The van der Waals surface area contributed by atoms with Crippen LogP contribution in [-0.4, -0.2) is 34.9 Å². The molecular weight excluding hydrogens is 362 g/mol. The predicted octanol–water partition coefficient (Wildman–Crippen LogP) is 4.36. The fourth-order valence-corrected chi connectivity index (χ4v) is 3.82. The normalized spacial score (nSPS) is 17.3. The molecule has 1 N–H and O–H groups in total. The van der Waals surface area contributed by atoms with E-state index in [1.807, 2.05) is 17.0 Å². The van der Waals surface area contributed by atoms with E-state index < -0.39 is 12.0 Å². The Morgan fingerprint density at radius 1 is 0.897 bits per heavy atom. The van der Waals surface area contributed by atoms with Crippen molar-refractivity contribution in [2.24, 2.45) is 5.92 Å². The fraction of sp³-hybridized carbons (Fsp3) is 0.292. The molecule has 0 radical (unpaired) electrons. The van der Waals surface area contributed by atoms with Crippen molar-refractivity contribution < 1.29 is 9.90 Å². The molecule has 2 aromatic carbocycles. The van der Waals surface area contributed by atoms with Crippen molar-refractivity contribution in [3.8, 4) is 12.1 Å². The zero-order valence-electron chi connectivity index (χ0n) is 16.2. The van der Waals surface area contributed by atoms with E-state index in [4.69, 9.17) is 0 Å². The van der Waals surface area contributed by atoms with Crippen LogP contribution in [0.1, 0.15) is 35.2 Å². The molecule has 0 bridgehead atoms. The van der Waals surface area contributed by atoms with Crippen LogP contribution >= 0.6 is 0 Å². The molecule has 1 aliphatic heterocycles. The highest BCUT2D eigenvalue weighted by Gasteiger charge is 2.38. The molecular formula is C24H23N3O2. The highest BCUT2D eigenvalue weighted by atomic mass is 16.3. The number of ketones is 1. The quantitative estimate of drug-likeness (QED) is 0.453. The van der Waals surface area contributed by atoms with Gasteiger partial charge in [0.2, 0.25) is 0 Å². The first kappa shape index (κ1) is 20.3. The third kappa shape index (κ3) is 4.54. The van der Waals surface area contributed by atoms with Crippen LogP contribution in [0.4, 0.5) is 0 Å². The van der Waals surface area contributed by atoms with Gasteiger partial charge in [0.1, 0.15) is 17.7 Å². The van der Waals surface area contributed by atoms with E-state index in [-0.39, 0.29) is 17.1 Å². The maximum Gasteiger partial charge on any atom is 0.181 e. The van der Waals surface area contributed by atoms with E-state index in [2.05, 4.69) is 12.1 Å². The molecule has 3 rings (SSSR count). The monoisotopic (exact) mass is 385 g/mol. The summed E-state index contributed by atoms with van der Waals surface area (Å²) in [4.78, 5) is 15.2. The molecule has 0 aromatic heterocycles. The van der Waals surface area contributed by atoms with Crippen molar-refractivity contribution in [1.29, 1.82) is 10.5 Å². The van der Waals surface area contributed by atoms with Gasteiger partial charge in [-0.2, -0.15) is 10.5 Å². The Bertz CT molecular complexity index is 949. The molecule has 0 amide bonds. The van der Waals surface area contributed by atoms with Gasteiger partial charge in [0, 0.05) is 11.1 Å². The van der Waals surface area contributed by atoms with Crippen LogP contribution in [0.2, 0.25) is 0 Å². The number of nitrogens with zero attached hydrogens (tertiary/aromatic N) is 3. The highest BCUT2D eigenvalue weighted by Crippen LogP contribution is 2.30. The van der Waals surface area contributed by atoms with Crippen LogP contribution in [0, 0.1) is 28.6 Å². The van der Waals surface area contributed by atoms with E-state index in [9.17, 15) is 20.4 Å². The number of aliphatic hydroxyl groups is 1. The maximum atomic E-state index is 13.2. The summed E-state index contributed by atoms with van der Waals surface area (Å²) in [6, 6.07) is 20.9. The summed E-state index contributed by atoms with van der Waals surface area (Å²) in [7, 11) is 0. The average molecular weight is 385 g/mol. The molecule has 1 fully saturated rings. The van der Waals surface area contributed by atoms with Gasteiger partial charge in [-0.15, -0.1) is 0 Å². The Kier molecular flexibility index (Phi) is 6.79. The van der Waals surface area contributed by atoms with E-state index >= 15 is 0 Å². The van der Waals surface area contributed by atoms with Crippen LogP contribution < -0.4 is 0 Å². The second kappa shape index (κ2) is 9.68. The molecule has 0 spiro atoms. The standard InChI is InChI=1S/C24H23N3O2/c25-16-20(23(28)18-10-4-1-5-11-18)22(27-14-8-3-9-15-27)21(17-26)24(29)19-12-6-2-7-13-19/h1-2,4-7,10-13,20,22,29H,3,8-9,14-15H2/b24-21-. The van der Waals surface area contributed by atoms with Crippen LogP contribution in [-0.2, 0) is 0 Å². The number of carbonyl (C=O) groups excluding carboxylic acids is 1. The largest absolute Gasteiger partial charge is 0.506 e. The number of aliphatic hydroxyl groups excluding tert-OH is 1. The summed E-state index contributed by atoms with van der Waals surface area (Å²) >= 11 is 0. The van der Waals surface area contributed by atoms with Crippen LogP contribution in [0.5, 0.6) is 0 Å². The molecule has 1 heterocycles. The molecule has 2 unspecified atom stereocenters. The number of hydrogen-bond acceptors (Lipinski definition) is 5. The van der Waals surface area contributed by atoms with Gasteiger partial charge in [0.25, 0.3) is 0 Å². The minimum Gasteiger partial charge on any atom is -0.506 e. The smallest absolute Gasteiger partial charge is 0.181 e. The van der Waals surface area contributed by atoms with E-state index in [0.717, 1.165) is 19.3 Å². The van der Waals surface area contributed by atoms with Crippen molar-refractivity contribution in [3.05, 3.63) is 77.4 Å². The average Bonchev–Trinajstić information content (AvgIpc) is 2.80. The molecule has 1 aliphatic rings. The van der Waals surface area contributed by atoms with Gasteiger partial charge < -0.3 is 5.11 Å². The Balaban J connectivity index is 2.09. The molecule has 29 heavy (non-hydrogen) atoms. The fourth-order valence-electron chi connectivity index (χ4n) is 3.82. The summed E-state index contributed by atoms with van der Waals surface area (Å²) in [6.07, 6.45) is 2.93. The van der Waals surface area contributed by atoms with Crippen molar-refractivity contribution in [2.75, 3.05) is 13.1 Å². The van der Waals surface area contributed by atoms with Gasteiger partial charge in [-0.25, -0.2) is 0 Å². The number of Topliss-reactive ketones (excluding diaryl/α,β-unsaturated/α-hetero) is 1. The zero-order chi connectivity index (χ0) is 20.6. The molecule has 0 saturated carbocycles. The lowest BCUT2D eigenvalue weighted by atomic mass is 9.84. The Morgan fingerprint density at radius 3 is 1.97 bits per heavy atom. The summed E-state index contributed by atoms with van der Waals surface area (Å²) in [5, 5.41) is 30.8. The Hall–Kier alpha value is -3.41. The summed E-state index contributed by atoms with van der Waals surface area (Å²) < 4.78 is 0. The van der Waals surface area contributed by atoms with E-state index in [0.29, 0.717) is 24.2 Å². The SMILES string of the molecule is N#C/C(=C(/O)c1ccccc1)C(C(C#N)C(=O)c1ccccc1)N1CCCCC1. The van der Waals surface area contributed by atoms with Crippen molar-refractivity contribution >= 4 is 11.5 Å². The number of benzene rings is 2. The first-order valence-corrected chi connectivity index (χ1v) is 9.79. The Labute approximate surface area is 171 Å². The molecule has 146 valence electrons. The van der Waals surface area contributed by atoms with Crippen LogP contribution in [0.3, 0.4) is 0 Å². The number of likely N-dealkylation sites (tertiary alicyclic amines) is 1. The molecule has 0 aliphatic carbocycles. The molecule has 5 nitrogen and oxygen atoms in total. The molecule has 5 heteroatoms. The number of rotatable bonds is 6. The maximum absolute atomic E-state index is 13.2. The van der Waals surface area contributed by atoms with Crippen LogP contribution in [0.15, 0.2) is 66.2 Å². The van der Waals surface area contributed by atoms with Gasteiger partial charge in [-0.1, -0.05) is 67.1 Å². The summed E-state index contributed by atoms with van der Waals surface area (Å²) in [6.45, 7) is 1.36. The Morgan fingerprint density at radius 2 is 1.45 bits per heavy atom. The topological polar surface area (TPSA) is 88.1 Å². The predicted molar refractivity (Wildman–Crippen MR) is 111 cm³/mol. The third-order valence-electron chi connectivity index (χ3n) is 5.30. The second-order valence-electron chi connectivity index (χ2n) is 7.12. The molecule has 2 atom stereocenters. The van der Waals surface area contributed by atoms with Gasteiger partial charge in [-0.3, -0.25) is 9.69 Å². The van der Waals surface area contributed by atoms with Crippen molar-refractivity contribution in [3.63, 3.8) is 0 Å².